The Morgan fingerprint density at radius 1 is 1.44 bits per heavy atom. The fraction of sp³-hybridized carbons (Fsp3) is 0.438. The average Bonchev–Trinajstić information content (AvgIpc) is 3.11. The van der Waals surface area contributed by atoms with Crippen molar-refractivity contribution in [2.75, 3.05) is 33.8 Å². The number of thiophene rings is 1. The molecule has 1 fully saturated rings. The van der Waals surface area contributed by atoms with Gasteiger partial charge in [0.2, 0.25) is 0 Å². The van der Waals surface area contributed by atoms with Crippen LogP contribution in [0, 0.1) is 0 Å². The number of nitrogens with zero attached hydrogens (tertiary/aromatic N) is 1. The van der Waals surface area contributed by atoms with E-state index >= 15 is 0 Å². The molecule has 1 aromatic rings. The minimum atomic E-state index is -0.226. The van der Waals surface area contributed by atoms with E-state index in [-0.39, 0.29) is 24.3 Å². The Morgan fingerprint density at radius 3 is 2.84 bits per heavy atom. The highest BCUT2D eigenvalue weighted by atomic mass is 35.5. The summed E-state index contributed by atoms with van der Waals surface area (Å²) >= 11 is 8.17. The molecule has 5 nitrogen and oxygen atoms in total. The largest absolute Gasteiger partial charge is 1.00 e. The molecular formula is C16H21ClN2O3S3. The van der Waals surface area contributed by atoms with Crippen molar-refractivity contribution in [3.63, 3.8) is 0 Å². The van der Waals surface area contributed by atoms with E-state index in [0.717, 1.165) is 11.4 Å². The van der Waals surface area contributed by atoms with E-state index in [1.807, 2.05) is 37.7 Å². The fourth-order valence-corrected chi connectivity index (χ4v) is 4.05. The van der Waals surface area contributed by atoms with E-state index in [0.29, 0.717) is 35.2 Å². The van der Waals surface area contributed by atoms with E-state index in [2.05, 4.69) is 0 Å². The molecule has 2 heterocycles. The number of halogens is 1. The van der Waals surface area contributed by atoms with Crippen LogP contribution in [-0.4, -0.2) is 54.9 Å². The lowest BCUT2D eigenvalue weighted by Gasteiger charge is -2.14. The first-order valence-corrected chi connectivity index (χ1v) is 9.81. The molecule has 1 aliphatic heterocycles. The number of hydrogen-bond acceptors (Lipinski definition) is 6. The number of nitrogens with one attached hydrogen (secondary N) is 1. The molecule has 0 saturated carbocycles. The standard InChI is InChI=1S/C16H20N2O3S3.ClH/c1-17(2)8-9-21-14(19)6-3-7-18-15(20)13(24-16(18)22)11-12-5-4-10-23-12;/h4-5,10-11H,3,6-9H2,1-2H3;1H/b13-11-;. The summed E-state index contributed by atoms with van der Waals surface area (Å²) in [6.07, 6.45) is 2.71. The monoisotopic (exact) mass is 420 g/mol. The van der Waals surface area contributed by atoms with E-state index in [4.69, 9.17) is 17.0 Å². The van der Waals surface area contributed by atoms with E-state index in [1.165, 1.54) is 16.7 Å². The fourth-order valence-electron chi connectivity index (χ4n) is 2.02. The molecule has 0 aliphatic carbocycles. The van der Waals surface area contributed by atoms with Crippen LogP contribution in [-0.2, 0) is 14.3 Å². The number of amides is 1. The lowest BCUT2D eigenvalue weighted by atomic mass is 10.3. The van der Waals surface area contributed by atoms with Gasteiger partial charge in [0.25, 0.3) is 5.91 Å². The van der Waals surface area contributed by atoms with Crippen molar-refractivity contribution < 1.29 is 31.6 Å². The molecule has 25 heavy (non-hydrogen) atoms. The Kier molecular flexibility index (Phi) is 9.66. The summed E-state index contributed by atoms with van der Waals surface area (Å²) in [5, 5.41) is 1.97. The maximum absolute atomic E-state index is 12.4. The first-order valence-electron chi connectivity index (χ1n) is 7.71. The number of quaternary nitrogens is 1. The second-order valence-electron chi connectivity index (χ2n) is 5.63. The molecule has 1 aliphatic rings. The van der Waals surface area contributed by atoms with Crippen LogP contribution in [0.3, 0.4) is 0 Å². The Hall–Kier alpha value is -0.930. The van der Waals surface area contributed by atoms with Crippen LogP contribution in [0.4, 0.5) is 0 Å². The zero-order chi connectivity index (χ0) is 17.5. The third-order valence-corrected chi connectivity index (χ3v) is 5.51. The van der Waals surface area contributed by atoms with Crippen molar-refractivity contribution in [3.8, 4) is 0 Å². The number of hydrogen-bond donors (Lipinski definition) is 1. The van der Waals surface area contributed by atoms with Gasteiger partial charge < -0.3 is 22.0 Å². The molecule has 0 atom stereocenters. The van der Waals surface area contributed by atoms with Crippen molar-refractivity contribution in [1.82, 2.24) is 4.90 Å². The molecule has 138 valence electrons. The lowest BCUT2D eigenvalue weighted by Crippen LogP contribution is -3.06. The molecule has 1 amide bonds. The van der Waals surface area contributed by atoms with E-state index < -0.39 is 0 Å². The zero-order valence-electron chi connectivity index (χ0n) is 14.1. The molecular weight excluding hydrogens is 400 g/mol. The average molecular weight is 421 g/mol. The van der Waals surface area contributed by atoms with Gasteiger partial charge in [-0.1, -0.05) is 30.0 Å². The summed E-state index contributed by atoms with van der Waals surface area (Å²) in [6.45, 7) is 1.65. The summed E-state index contributed by atoms with van der Waals surface area (Å²) in [4.78, 5) is 28.5. The summed E-state index contributed by atoms with van der Waals surface area (Å²) in [5.74, 6) is -0.307. The zero-order valence-corrected chi connectivity index (χ0v) is 17.3. The summed E-state index contributed by atoms with van der Waals surface area (Å²) in [7, 11) is 4.01. The van der Waals surface area contributed by atoms with Crippen LogP contribution in [0.5, 0.6) is 0 Å². The summed E-state index contributed by atoms with van der Waals surface area (Å²) < 4.78 is 5.70. The van der Waals surface area contributed by atoms with Gasteiger partial charge in [0.05, 0.1) is 19.0 Å². The number of likely N-dealkylation sites (N-methyl/N-ethyl adjacent to an activating group) is 1. The second-order valence-corrected chi connectivity index (χ2v) is 8.28. The number of carbonyl (C=O) groups is 2. The molecule has 1 N–H and O–H groups in total. The number of thioether (sulfide) groups is 1. The molecule has 1 saturated heterocycles. The minimum absolute atomic E-state index is 0. The van der Waals surface area contributed by atoms with Crippen molar-refractivity contribution in [2.45, 2.75) is 12.8 Å². The van der Waals surface area contributed by atoms with Crippen LogP contribution >= 0.6 is 35.3 Å². The molecule has 0 radical (unpaired) electrons. The van der Waals surface area contributed by atoms with Crippen molar-refractivity contribution >= 4 is 57.6 Å². The Bertz CT molecular complexity index is 633. The van der Waals surface area contributed by atoms with Crippen molar-refractivity contribution in [1.29, 1.82) is 0 Å². The van der Waals surface area contributed by atoms with Crippen molar-refractivity contribution in [2.24, 2.45) is 0 Å². The SMILES string of the molecule is C[NH+](C)CCOC(=O)CCCN1C(=O)/C(=C/c2cccs2)SC1=S.[Cl-]. The minimum Gasteiger partial charge on any atom is -1.00 e. The molecule has 2 rings (SSSR count). The Balaban J connectivity index is 0.00000312. The van der Waals surface area contributed by atoms with Gasteiger partial charge in [-0.25, -0.2) is 0 Å². The van der Waals surface area contributed by atoms with Crippen LogP contribution in [0.2, 0.25) is 0 Å². The number of esters is 1. The second kappa shape index (κ2) is 10.9. The molecule has 0 unspecified atom stereocenters. The predicted molar refractivity (Wildman–Crippen MR) is 102 cm³/mol. The van der Waals surface area contributed by atoms with Crippen LogP contribution in [0.15, 0.2) is 22.4 Å². The van der Waals surface area contributed by atoms with Crippen LogP contribution in [0.25, 0.3) is 6.08 Å². The van der Waals surface area contributed by atoms with Gasteiger partial charge in [0, 0.05) is 17.8 Å². The van der Waals surface area contributed by atoms with Crippen LogP contribution < -0.4 is 17.3 Å². The smallest absolute Gasteiger partial charge is 0.306 e. The number of carbonyl (C=O) groups excluding carboxylic acids is 2. The number of ether oxygens (including phenoxy) is 1. The third-order valence-electron chi connectivity index (χ3n) is 3.32. The van der Waals surface area contributed by atoms with Gasteiger partial charge in [-0.2, -0.15) is 0 Å². The Labute approximate surface area is 167 Å². The first-order chi connectivity index (χ1) is 11.5. The molecule has 0 aromatic carbocycles. The summed E-state index contributed by atoms with van der Waals surface area (Å²) in [6, 6.07) is 3.91. The van der Waals surface area contributed by atoms with E-state index in [9.17, 15) is 9.59 Å². The number of rotatable bonds is 8. The maximum atomic E-state index is 12.4. The molecule has 0 spiro atoms. The highest BCUT2D eigenvalue weighted by molar-refractivity contribution is 8.26. The summed E-state index contributed by atoms with van der Waals surface area (Å²) in [5.41, 5.74) is 0. The van der Waals surface area contributed by atoms with Gasteiger partial charge in [0.15, 0.2) is 0 Å². The third kappa shape index (κ3) is 7.07. The quantitative estimate of drug-likeness (QED) is 0.312. The van der Waals surface area contributed by atoms with Gasteiger partial charge in [-0.15, -0.1) is 11.3 Å². The first kappa shape index (κ1) is 22.1. The molecule has 0 bridgehead atoms. The highest BCUT2D eigenvalue weighted by Gasteiger charge is 2.31. The van der Waals surface area contributed by atoms with Gasteiger partial charge in [0.1, 0.15) is 17.5 Å². The van der Waals surface area contributed by atoms with Crippen molar-refractivity contribution in [3.05, 3.63) is 27.3 Å². The highest BCUT2D eigenvalue weighted by Crippen LogP contribution is 2.33. The van der Waals surface area contributed by atoms with Crippen LogP contribution in [0.1, 0.15) is 17.7 Å². The molecule has 9 heteroatoms. The van der Waals surface area contributed by atoms with E-state index in [1.54, 1.807) is 16.2 Å². The van der Waals surface area contributed by atoms with Gasteiger partial charge >= 0.3 is 5.97 Å². The Morgan fingerprint density at radius 2 is 2.20 bits per heavy atom. The lowest BCUT2D eigenvalue weighted by molar-refractivity contribution is -0.858. The molecule has 1 aromatic heterocycles. The topological polar surface area (TPSA) is 51.1 Å². The number of thiocarbonyl (C=S) groups is 1. The normalized spacial score (nSPS) is 15.8. The van der Waals surface area contributed by atoms with Gasteiger partial charge in [-0.3, -0.25) is 14.5 Å². The predicted octanol–water partition coefficient (Wildman–Crippen LogP) is -1.58. The van der Waals surface area contributed by atoms with Gasteiger partial charge in [-0.05, 0) is 23.9 Å². The maximum Gasteiger partial charge on any atom is 0.306 e.